The average Bonchev–Trinajstić information content (AvgIpc) is 3.34. The molecule has 3 aromatic rings. The van der Waals surface area contributed by atoms with Crippen molar-refractivity contribution >= 4 is 23.3 Å². The van der Waals surface area contributed by atoms with E-state index in [1.807, 2.05) is 41.1 Å². The lowest BCUT2D eigenvalue weighted by molar-refractivity contribution is 0.0697. The van der Waals surface area contributed by atoms with Crippen LogP contribution in [0.25, 0.3) is 5.69 Å². The van der Waals surface area contributed by atoms with Gasteiger partial charge in [0.25, 0.3) is 0 Å². The lowest BCUT2D eigenvalue weighted by Gasteiger charge is -2.28. The summed E-state index contributed by atoms with van der Waals surface area (Å²) >= 11 is 5.65. The molecule has 1 aromatic carbocycles. The Kier molecular flexibility index (Phi) is 5.31. The van der Waals surface area contributed by atoms with E-state index >= 15 is 0 Å². The van der Waals surface area contributed by atoms with Crippen molar-refractivity contribution in [2.75, 3.05) is 6.54 Å². The third kappa shape index (κ3) is 3.61. The van der Waals surface area contributed by atoms with E-state index < -0.39 is 5.97 Å². The molecule has 7 heteroatoms. The van der Waals surface area contributed by atoms with Crippen LogP contribution >= 0.6 is 12.2 Å². The minimum Gasteiger partial charge on any atom is -0.478 e. The Labute approximate surface area is 174 Å². The summed E-state index contributed by atoms with van der Waals surface area (Å²) < 4.78 is 2.03. The highest BCUT2D eigenvalue weighted by molar-refractivity contribution is 7.80. The van der Waals surface area contributed by atoms with E-state index in [0.29, 0.717) is 5.11 Å². The standard InChI is InChI=1S/C22H22N4O2S/c1-2-12-26-20(19(24-22(26)29)17-9-3-4-11-23-17)18-10-6-13-25(18)16-8-5-7-15(14-16)21(27)28/h3-11,13-14,19-20H,2,12H2,1H3,(H,24,29)(H,27,28)/t19-,20-/m0/s1. The largest absolute Gasteiger partial charge is 0.478 e. The molecule has 1 aliphatic rings. The Morgan fingerprint density at radius 3 is 2.79 bits per heavy atom. The number of aromatic nitrogens is 2. The maximum absolute atomic E-state index is 11.4. The van der Waals surface area contributed by atoms with Crippen molar-refractivity contribution in [3.05, 3.63) is 83.9 Å². The number of pyridine rings is 1. The third-order valence-corrected chi connectivity index (χ3v) is 5.47. The van der Waals surface area contributed by atoms with Crippen molar-refractivity contribution in [3.8, 4) is 5.69 Å². The normalized spacial score (nSPS) is 18.7. The lowest BCUT2D eigenvalue weighted by atomic mass is 10.0. The molecule has 4 rings (SSSR count). The Morgan fingerprint density at radius 2 is 2.07 bits per heavy atom. The number of nitrogens with zero attached hydrogens (tertiary/aromatic N) is 3. The zero-order valence-electron chi connectivity index (χ0n) is 16.0. The molecular formula is C22H22N4O2S. The summed E-state index contributed by atoms with van der Waals surface area (Å²) in [6, 6.07) is 16.7. The van der Waals surface area contributed by atoms with Gasteiger partial charge in [0.05, 0.1) is 23.3 Å². The molecule has 0 radical (unpaired) electrons. The average molecular weight is 407 g/mol. The molecule has 0 spiro atoms. The van der Waals surface area contributed by atoms with Gasteiger partial charge in [-0.15, -0.1) is 0 Å². The Balaban J connectivity index is 1.81. The fourth-order valence-electron chi connectivity index (χ4n) is 3.87. The van der Waals surface area contributed by atoms with Crippen molar-refractivity contribution < 1.29 is 9.90 Å². The van der Waals surface area contributed by atoms with Gasteiger partial charge in [-0.2, -0.15) is 0 Å². The molecule has 0 bridgehead atoms. The summed E-state index contributed by atoms with van der Waals surface area (Å²) in [6.07, 6.45) is 4.70. The first kappa shape index (κ1) is 19.1. The van der Waals surface area contributed by atoms with E-state index in [-0.39, 0.29) is 17.6 Å². The minimum atomic E-state index is -0.941. The molecule has 2 atom stereocenters. The predicted molar refractivity (Wildman–Crippen MR) is 115 cm³/mol. The van der Waals surface area contributed by atoms with Crippen LogP contribution in [0, 0.1) is 0 Å². The molecule has 0 aliphatic carbocycles. The first-order chi connectivity index (χ1) is 14.1. The number of carboxylic acid groups (broad SMARTS) is 1. The SMILES string of the molecule is CCCN1C(=S)N[C@@H](c2ccccn2)[C@@H]1c1cccn1-c1cccc(C(=O)O)c1. The zero-order chi connectivity index (χ0) is 20.4. The highest BCUT2D eigenvalue weighted by atomic mass is 32.1. The van der Waals surface area contributed by atoms with Gasteiger partial charge in [0.15, 0.2) is 5.11 Å². The first-order valence-electron chi connectivity index (χ1n) is 9.59. The minimum absolute atomic E-state index is 0.0548. The van der Waals surface area contributed by atoms with Gasteiger partial charge < -0.3 is 19.9 Å². The second kappa shape index (κ2) is 8.05. The van der Waals surface area contributed by atoms with E-state index in [1.54, 1.807) is 24.4 Å². The second-order valence-electron chi connectivity index (χ2n) is 6.98. The van der Waals surface area contributed by atoms with Crippen LogP contribution in [0.1, 0.15) is 47.2 Å². The molecule has 6 nitrogen and oxygen atoms in total. The first-order valence-corrected chi connectivity index (χ1v) is 10.00. The summed E-state index contributed by atoms with van der Waals surface area (Å²) in [7, 11) is 0. The fraction of sp³-hybridized carbons (Fsp3) is 0.227. The summed E-state index contributed by atoms with van der Waals surface area (Å²) in [5.74, 6) is -0.941. The van der Waals surface area contributed by atoms with Crippen LogP contribution in [0.3, 0.4) is 0 Å². The van der Waals surface area contributed by atoms with Crippen LogP contribution in [0.4, 0.5) is 0 Å². The van der Waals surface area contributed by atoms with E-state index in [2.05, 4.69) is 28.2 Å². The molecule has 3 heterocycles. The molecule has 0 saturated carbocycles. The van der Waals surface area contributed by atoms with Gasteiger partial charge in [-0.1, -0.05) is 19.1 Å². The molecular weight excluding hydrogens is 384 g/mol. The summed E-state index contributed by atoms with van der Waals surface area (Å²) in [6.45, 7) is 2.95. The van der Waals surface area contributed by atoms with Crippen LogP contribution in [-0.2, 0) is 0 Å². The number of nitrogens with one attached hydrogen (secondary N) is 1. The van der Waals surface area contributed by atoms with Gasteiger partial charge in [0.2, 0.25) is 0 Å². The van der Waals surface area contributed by atoms with Crippen molar-refractivity contribution in [1.29, 1.82) is 0 Å². The topological polar surface area (TPSA) is 70.4 Å². The predicted octanol–water partition coefficient (Wildman–Crippen LogP) is 3.95. The van der Waals surface area contributed by atoms with Gasteiger partial charge in [-0.25, -0.2) is 4.79 Å². The molecule has 1 aliphatic heterocycles. The number of rotatable bonds is 6. The number of hydrogen-bond donors (Lipinski definition) is 2. The van der Waals surface area contributed by atoms with Crippen LogP contribution in [0.15, 0.2) is 67.0 Å². The molecule has 0 unspecified atom stereocenters. The maximum Gasteiger partial charge on any atom is 0.335 e. The van der Waals surface area contributed by atoms with E-state index in [0.717, 1.165) is 30.0 Å². The number of benzene rings is 1. The molecule has 2 N–H and O–H groups in total. The van der Waals surface area contributed by atoms with Crippen molar-refractivity contribution in [2.24, 2.45) is 0 Å². The van der Waals surface area contributed by atoms with E-state index in [9.17, 15) is 9.90 Å². The summed E-state index contributed by atoms with van der Waals surface area (Å²) in [5, 5.41) is 13.5. The van der Waals surface area contributed by atoms with Crippen molar-refractivity contribution in [3.63, 3.8) is 0 Å². The molecule has 29 heavy (non-hydrogen) atoms. The summed E-state index contributed by atoms with van der Waals surface area (Å²) in [4.78, 5) is 18.2. The van der Waals surface area contributed by atoms with Gasteiger partial charge >= 0.3 is 5.97 Å². The Bertz CT molecular complexity index is 1030. The smallest absolute Gasteiger partial charge is 0.335 e. The highest BCUT2D eigenvalue weighted by Crippen LogP contribution is 2.39. The maximum atomic E-state index is 11.4. The third-order valence-electron chi connectivity index (χ3n) is 5.12. The number of carboxylic acids is 1. The van der Waals surface area contributed by atoms with Gasteiger partial charge in [0, 0.05) is 30.3 Å². The van der Waals surface area contributed by atoms with Gasteiger partial charge in [0.1, 0.15) is 0 Å². The molecule has 1 fully saturated rings. The number of thiocarbonyl (C=S) groups is 1. The quantitative estimate of drug-likeness (QED) is 0.604. The molecule has 0 amide bonds. The van der Waals surface area contributed by atoms with Crippen molar-refractivity contribution in [2.45, 2.75) is 25.4 Å². The highest BCUT2D eigenvalue weighted by Gasteiger charge is 2.40. The van der Waals surface area contributed by atoms with Crippen LogP contribution < -0.4 is 5.32 Å². The number of aromatic carboxylic acids is 1. The van der Waals surface area contributed by atoms with Gasteiger partial charge in [-0.05, 0) is 61.1 Å². The molecule has 1 saturated heterocycles. The number of carbonyl (C=O) groups is 1. The van der Waals surface area contributed by atoms with E-state index in [1.165, 1.54) is 0 Å². The zero-order valence-corrected chi connectivity index (χ0v) is 16.8. The van der Waals surface area contributed by atoms with Crippen LogP contribution in [-0.4, -0.2) is 37.2 Å². The Hall–Kier alpha value is -3.19. The number of hydrogen-bond acceptors (Lipinski definition) is 3. The fourth-order valence-corrected chi connectivity index (χ4v) is 4.20. The molecule has 148 valence electrons. The van der Waals surface area contributed by atoms with Crippen LogP contribution in [0.2, 0.25) is 0 Å². The van der Waals surface area contributed by atoms with E-state index in [4.69, 9.17) is 12.2 Å². The lowest BCUT2D eigenvalue weighted by Crippen LogP contribution is -2.31. The Morgan fingerprint density at radius 1 is 1.21 bits per heavy atom. The molecule has 2 aromatic heterocycles. The van der Waals surface area contributed by atoms with Crippen molar-refractivity contribution in [1.82, 2.24) is 19.8 Å². The summed E-state index contributed by atoms with van der Waals surface area (Å²) in [5.41, 5.74) is 3.02. The van der Waals surface area contributed by atoms with Crippen LogP contribution in [0.5, 0.6) is 0 Å². The monoisotopic (exact) mass is 406 g/mol. The van der Waals surface area contributed by atoms with Gasteiger partial charge in [-0.3, -0.25) is 4.98 Å². The second-order valence-corrected chi connectivity index (χ2v) is 7.37.